The minimum Gasteiger partial charge on any atom is -0.453 e. The van der Waals surface area contributed by atoms with Crippen LogP contribution in [0.1, 0.15) is 50.1 Å². The van der Waals surface area contributed by atoms with Gasteiger partial charge < -0.3 is 10.1 Å². The first-order valence-corrected chi connectivity index (χ1v) is 9.62. The van der Waals surface area contributed by atoms with E-state index in [2.05, 4.69) is 22.3 Å². The molecule has 3 amide bonds. The summed E-state index contributed by atoms with van der Waals surface area (Å²) >= 11 is 1.41. The summed E-state index contributed by atoms with van der Waals surface area (Å²) in [6.07, 6.45) is 1.75. The summed E-state index contributed by atoms with van der Waals surface area (Å²) in [6.45, 7) is 4.08. The SMILES string of the molecule is COC(=O)NC(=O)c1c(NC(=O)c2cccc(C)c2)sc2c1CC[C@@H](C)C2. The van der Waals surface area contributed by atoms with Gasteiger partial charge in [-0.1, -0.05) is 24.6 Å². The van der Waals surface area contributed by atoms with Gasteiger partial charge in [-0.3, -0.25) is 14.9 Å². The second-order valence-electron chi connectivity index (χ2n) is 6.83. The predicted octanol–water partition coefficient (Wildman–Crippen LogP) is 3.93. The van der Waals surface area contributed by atoms with Crippen LogP contribution in [0, 0.1) is 12.8 Å². The zero-order valence-corrected chi connectivity index (χ0v) is 16.4. The van der Waals surface area contributed by atoms with Gasteiger partial charge in [-0.05, 0) is 49.8 Å². The van der Waals surface area contributed by atoms with Gasteiger partial charge in [0.1, 0.15) is 5.00 Å². The van der Waals surface area contributed by atoms with Crippen LogP contribution >= 0.6 is 11.3 Å². The molecule has 0 radical (unpaired) electrons. The summed E-state index contributed by atoms with van der Waals surface area (Å²) in [5, 5.41) is 5.55. The number of thiophene rings is 1. The van der Waals surface area contributed by atoms with Gasteiger partial charge in [0.2, 0.25) is 0 Å². The Kier molecular flexibility index (Phi) is 5.60. The highest BCUT2D eigenvalue weighted by Crippen LogP contribution is 2.39. The minimum absolute atomic E-state index is 0.280. The third-order valence-corrected chi connectivity index (χ3v) is 5.82. The van der Waals surface area contributed by atoms with Crippen LogP contribution in [0.25, 0.3) is 0 Å². The molecule has 1 aromatic carbocycles. The van der Waals surface area contributed by atoms with Crippen molar-refractivity contribution in [1.82, 2.24) is 5.32 Å². The van der Waals surface area contributed by atoms with E-state index in [1.54, 1.807) is 12.1 Å². The average Bonchev–Trinajstić information content (AvgIpc) is 2.98. The van der Waals surface area contributed by atoms with Gasteiger partial charge in [0.05, 0.1) is 12.7 Å². The molecule has 0 fully saturated rings. The number of carbonyl (C=O) groups is 3. The molecular weight excluding hydrogens is 364 g/mol. The average molecular weight is 386 g/mol. The van der Waals surface area contributed by atoms with Crippen molar-refractivity contribution in [3.8, 4) is 0 Å². The Balaban J connectivity index is 1.95. The monoisotopic (exact) mass is 386 g/mol. The molecule has 27 heavy (non-hydrogen) atoms. The van der Waals surface area contributed by atoms with Crippen molar-refractivity contribution in [2.24, 2.45) is 5.92 Å². The zero-order valence-electron chi connectivity index (χ0n) is 15.5. The molecule has 6 nitrogen and oxygen atoms in total. The Morgan fingerprint density at radius 3 is 2.70 bits per heavy atom. The normalized spacial score (nSPS) is 15.6. The molecule has 0 spiro atoms. The van der Waals surface area contributed by atoms with E-state index in [0.29, 0.717) is 22.0 Å². The van der Waals surface area contributed by atoms with E-state index in [-0.39, 0.29) is 5.91 Å². The van der Waals surface area contributed by atoms with Crippen molar-refractivity contribution in [1.29, 1.82) is 0 Å². The summed E-state index contributed by atoms with van der Waals surface area (Å²) in [5.74, 6) is -0.307. The van der Waals surface area contributed by atoms with E-state index in [1.165, 1.54) is 18.4 Å². The molecule has 1 atom stereocenters. The summed E-state index contributed by atoms with van der Waals surface area (Å²) in [4.78, 5) is 37.9. The lowest BCUT2D eigenvalue weighted by atomic mass is 9.88. The highest BCUT2D eigenvalue weighted by atomic mass is 32.1. The summed E-state index contributed by atoms with van der Waals surface area (Å²) in [7, 11) is 1.20. The molecule has 1 aromatic heterocycles. The summed E-state index contributed by atoms with van der Waals surface area (Å²) in [6, 6.07) is 7.25. The van der Waals surface area contributed by atoms with Gasteiger partial charge in [0.25, 0.3) is 11.8 Å². The Morgan fingerprint density at radius 2 is 2.00 bits per heavy atom. The summed E-state index contributed by atoms with van der Waals surface area (Å²) < 4.78 is 4.53. The Bertz CT molecular complexity index is 903. The number of ether oxygens (including phenoxy) is 1. The van der Waals surface area contributed by atoms with Crippen molar-refractivity contribution < 1.29 is 19.1 Å². The number of hydrogen-bond donors (Lipinski definition) is 2. The molecule has 1 aliphatic rings. The molecule has 2 aromatic rings. The van der Waals surface area contributed by atoms with Gasteiger partial charge in [-0.25, -0.2) is 4.79 Å². The van der Waals surface area contributed by atoms with Crippen LogP contribution in [0.15, 0.2) is 24.3 Å². The van der Waals surface area contributed by atoms with Crippen molar-refractivity contribution in [3.63, 3.8) is 0 Å². The smallest absolute Gasteiger partial charge is 0.413 e. The number of imide groups is 1. The standard InChI is InChI=1S/C20H22N2O4S/c1-11-5-4-6-13(9-11)17(23)21-19-16(18(24)22-20(25)26-3)14-8-7-12(2)10-15(14)27-19/h4-6,9,12H,7-8,10H2,1-3H3,(H,21,23)(H,22,24,25)/t12-/m1/s1. The fourth-order valence-electron chi connectivity index (χ4n) is 3.25. The molecule has 2 N–H and O–H groups in total. The minimum atomic E-state index is -0.819. The Hall–Kier alpha value is -2.67. The number of aryl methyl sites for hydroxylation is 1. The van der Waals surface area contributed by atoms with E-state index in [1.807, 2.05) is 19.1 Å². The maximum atomic E-state index is 12.7. The first kappa shape index (κ1) is 19.1. The number of alkyl carbamates (subject to hydrolysis) is 1. The number of nitrogens with one attached hydrogen (secondary N) is 2. The van der Waals surface area contributed by atoms with Crippen LogP contribution in [-0.4, -0.2) is 25.0 Å². The van der Waals surface area contributed by atoms with Gasteiger partial charge in [-0.2, -0.15) is 0 Å². The number of amides is 3. The highest BCUT2D eigenvalue weighted by molar-refractivity contribution is 7.17. The largest absolute Gasteiger partial charge is 0.453 e. The van der Waals surface area contributed by atoms with Crippen LogP contribution < -0.4 is 10.6 Å². The summed E-state index contributed by atoms with van der Waals surface area (Å²) in [5.41, 5.74) is 2.78. The first-order chi connectivity index (χ1) is 12.9. The van der Waals surface area contributed by atoms with E-state index < -0.39 is 12.0 Å². The zero-order chi connectivity index (χ0) is 19.6. The van der Waals surface area contributed by atoms with E-state index >= 15 is 0 Å². The topological polar surface area (TPSA) is 84.5 Å². The Labute approximate surface area is 161 Å². The molecule has 0 unspecified atom stereocenters. The highest BCUT2D eigenvalue weighted by Gasteiger charge is 2.29. The Morgan fingerprint density at radius 1 is 1.22 bits per heavy atom. The quantitative estimate of drug-likeness (QED) is 0.837. The predicted molar refractivity (Wildman–Crippen MR) is 105 cm³/mol. The molecule has 0 saturated carbocycles. The van der Waals surface area contributed by atoms with Crippen LogP contribution in [0.5, 0.6) is 0 Å². The van der Waals surface area contributed by atoms with Crippen LogP contribution in [0.3, 0.4) is 0 Å². The van der Waals surface area contributed by atoms with Gasteiger partial charge in [0.15, 0.2) is 0 Å². The van der Waals surface area contributed by atoms with Crippen molar-refractivity contribution in [2.75, 3.05) is 12.4 Å². The van der Waals surface area contributed by atoms with E-state index in [9.17, 15) is 14.4 Å². The third kappa shape index (κ3) is 4.19. The first-order valence-electron chi connectivity index (χ1n) is 8.81. The van der Waals surface area contributed by atoms with Gasteiger partial charge in [-0.15, -0.1) is 11.3 Å². The fraction of sp³-hybridized carbons (Fsp3) is 0.350. The second-order valence-corrected chi connectivity index (χ2v) is 7.93. The number of hydrogen-bond acceptors (Lipinski definition) is 5. The molecule has 3 rings (SSSR count). The molecular formula is C20H22N2O4S. The number of rotatable bonds is 3. The second kappa shape index (κ2) is 7.92. The lowest BCUT2D eigenvalue weighted by Gasteiger charge is -2.18. The maximum Gasteiger partial charge on any atom is 0.413 e. The number of fused-ring (bicyclic) bond motifs is 1. The molecule has 0 saturated heterocycles. The maximum absolute atomic E-state index is 12.7. The van der Waals surface area contributed by atoms with Crippen molar-refractivity contribution in [3.05, 3.63) is 51.4 Å². The molecule has 1 heterocycles. The van der Waals surface area contributed by atoms with Crippen molar-refractivity contribution >= 4 is 34.2 Å². The molecule has 0 bridgehead atoms. The van der Waals surface area contributed by atoms with Gasteiger partial charge in [0, 0.05) is 10.4 Å². The van der Waals surface area contributed by atoms with Gasteiger partial charge >= 0.3 is 6.09 Å². The lowest BCUT2D eigenvalue weighted by Crippen LogP contribution is -2.31. The number of anilines is 1. The molecule has 0 aliphatic heterocycles. The fourth-order valence-corrected chi connectivity index (χ4v) is 4.65. The third-order valence-electron chi connectivity index (χ3n) is 4.65. The van der Waals surface area contributed by atoms with E-state index in [4.69, 9.17) is 0 Å². The number of methoxy groups -OCH3 is 1. The molecule has 7 heteroatoms. The van der Waals surface area contributed by atoms with Crippen LogP contribution in [-0.2, 0) is 17.6 Å². The molecule has 1 aliphatic carbocycles. The van der Waals surface area contributed by atoms with E-state index in [0.717, 1.165) is 35.3 Å². The number of benzene rings is 1. The van der Waals surface area contributed by atoms with Crippen LogP contribution in [0.2, 0.25) is 0 Å². The van der Waals surface area contributed by atoms with Crippen LogP contribution in [0.4, 0.5) is 9.80 Å². The lowest BCUT2D eigenvalue weighted by molar-refractivity contribution is 0.0937. The number of carbonyl (C=O) groups excluding carboxylic acids is 3. The molecule has 142 valence electrons. The van der Waals surface area contributed by atoms with Crippen molar-refractivity contribution in [2.45, 2.75) is 33.1 Å².